The van der Waals surface area contributed by atoms with E-state index in [2.05, 4.69) is 6.58 Å². The van der Waals surface area contributed by atoms with E-state index in [0.29, 0.717) is 6.42 Å². The number of amides is 2. The summed E-state index contributed by atoms with van der Waals surface area (Å²) >= 11 is 0. The summed E-state index contributed by atoms with van der Waals surface area (Å²) < 4.78 is 5.16. The van der Waals surface area contributed by atoms with Gasteiger partial charge < -0.3 is 4.74 Å². The molecule has 4 nitrogen and oxygen atoms in total. The zero-order valence-electron chi connectivity index (χ0n) is 10.2. The lowest BCUT2D eigenvalue weighted by Crippen LogP contribution is -2.56. The van der Waals surface area contributed by atoms with E-state index in [1.165, 1.54) is 4.90 Å². The summed E-state index contributed by atoms with van der Waals surface area (Å²) in [5, 5.41) is 0. The van der Waals surface area contributed by atoms with Crippen molar-refractivity contribution < 1.29 is 14.3 Å². The maximum Gasteiger partial charge on any atom is 0.417 e. The van der Waals surface area contributed by atoms with Gasteiger partial charge >= 0.3 is 6.09 Å². The molecule has 1 unspecified atom stereocenters. The quantitative estimate of drug-likeness (QED) is 0.547. The van der Waals surface area contributed by atoms with Gasteiger partial charge in [-0.1, -0.05) is 6.08 Å². The summed E-state index contributed by atoms with van der Waals surface area (Å²) in [5.41, 5.74) is -0.560. The molecule has 1 heterocycles. The first-order chi connectivity index (χ1) is 7.35. The average Bonchev–Trinajstić information content (AvgIpc) is 2.08. The fourth-order valence-electron chi connectivity index (χ4n) is 1.59. The predicted molar refractivity (Wildman–Crippen MR) is 60.9 cm³/mol. The fraction of sp³-hybridized carbons (Fsp3) is 0.667. The summed E-state index contributed by atoms with van der Waals surface area (Å²) in [6.07, 6.45) is 3.27. The Kier molecular flexibility index (Phi) is 3.73. The number of rotatable bonds is 3. The topological polar surface area (TPSA) is 46.6 Å². The second kappa shape index (κ2) is 4.68. The first-order valence-electron chi connectivity index (χ1n) is 5.51. The van der Waals surface area contributed by atoms with Crippen LogP contribution in [0.15, 0.2) is 12.7 Å². The monoisotopic (exact) mass is 225 g/mol. The van der Waals surface area contributed by atoms with Crippen molar-refractivity contribution in [3.63, 3.8) is 0 Å². The third-order valence-electron chi connectivity index (χ3n) is 2.34. The van der Waals surface area contributed by atoms with Gasteiger partial charge in [0.15, 0.2) is 0 Å². The van der Waals surface area contributed by atoms with E-state index in [0.717, 1.165) is 12.8 Å². The number of ether oxygens (including phenoxy) is 1. The van der Waals surface area contributed by atoms with Crippen molar-refractivity contribution in [3.05, 3.63) is 12.7 Å². The van der Waals surface area contributed by atoms with Crippen molar-refractivity contribution >= 4 is 12.0 Å². The molecule has 0 aromatic rings. The van der Waals surface area contributed by atoms with Crippen LogP contribution in [0.2, 0.25) is 0 Å². The molecule has 0 saturated carbocycles. The van der Waals surface area contributed by atoms with Crippen LogP contribution in [-0.2, 0) is 9.53 Å². The number of hydrogen-bond acceptors (Lipinski definition) is 3. The van der Waals surface area contributed by atoms with Crippen LogP contribution in [0.5, 0.6) is 0 Å². The molecule has 0 spiro atoms. The van der Waals surface area contributed by atoms with Crippen LogP contribution < -0.4 is 0 Å². The number of carbonyl (C=O) groups excluding carboxylic acids is 2. The van der Waals surface area contributed by atoms with Crippen molar-refractivity contribution in [1.29, 1.82) is 0 Å². The van der Waals surface area contributed by atoms with Crippen LogP contribution in [0, 0.1) is 0 Å². The van der Waals surface area contributed by atoms with Gasteiger partial charge in [-0.05, 0) is 33.6 Å². The Morgan fingerprint density at radius 1 is 1.62 bits per heavy atom. The number of nitrogens with zero attached hydrogens (tertiary/aromatic N) is 1. The molecular weight excluding hydrogens is 206 g/mol. The van der Waals surface area contributed by atoms with E-state index in [4.69, 9.17) is 4.74 Å². The summed E-state index contributed by atoms with van der Waals surface area (Å²) in [6, 6.07) is -0.0136. The Labute approximate surface area is 96.3 Å². The Balaban J connectivity index is 2.53. The number of allylic oxidation sites excluding steroid dienone is 1. The highest BCUT2D eigenvalue weighted by Crippen LogP contribution is 2.26. The number of hydrogen-bond donors (Lipinski definition) is 0. The smallest absolute Gasteiger partial charge is 0.417 e. The molecule has 16 heavy (non-hydrogen) atoms. The van der Waals surface area contributed by atoms with E-state index in [1.807, 2.05) is 0 Å². The number of likely N-dealkylation sites (tertiary alicyclic amines) is 1. The molecule has 0 aromatic heterocycles. The standard InChI is InChI=1S/C12H19NO3/c1-5-6-7-9-8-10(14)13(9)11(15)16-12(2,3)4/h5,9H,1,6-8H2,2-4H3. The number of carbonyl (C=O) groups is 2. The van der Waals surface area contributed by atoms with Gasteiger partial charge in [0.05, 0.1) is 6.04 Å². The van der Waals surface area contributed by atoms with E-state index >= 15 is 0 Å². The first-order valence-corrected chi connectivity index (χ1v) is 5.51. The van der Waals surface area contributed by atoms with Crippen molar-refractivity contribution in [2.45, 2.75) is 51.7 Å². The molecule has 1 aliphatic rings. The van der Waals surface area contributed by atoms with Gasteiger partial charge in [0.25, 0.3) is 0 Å². The summed E-state index contributed by atoms with van der Waals surface area (Å²) in [7, 11) is 0. The lowest BCUT2D eigenvalue weighted by atomic mass is 9.98. The van der Waals surface area contributed by atoms with Crippen LogP contribution in [0.4, 0.5) is 4.79 Å². The number of β-lactam (4-membered cyclic amide) rings is 1. The molecule has 0 radical (unpaired) electrons. The van der Waals surface area contributed by atoms with Crippen LogP contribution in [0.25, 0.3) is 0 Å². The van der Waals surface area contributed by atoms with Gasteiger partial charge in [-0.15, -0.1) is 6.58 Å². The number of imide groups is 1. The molecule has 90 valence electrons. The maximum atomic E-state index is 11.7. The lowest BCUT2D eigenvalue weighted by molar-refractivity contribution is -0.144. The molecule has 0 bridgehead atoms. The molecule has 2 amide bonds. The Morgan fingerprint density at radius 2 is 2.25 bits per heavy atom. The average molecular weight is 225 g/mol. The second-order valence-electron chi connectivity index (χ2n) is 4.97. The maximum absolute atomic E-state index is 11.7. The van der Waals surface area contributed by atoms with Crippen LogP contribution in [0.3, 0.4) is 0 Å². The van der Waals surface area contributed by atoms with E-state index < -0.39 is 11.7 Å². The second-order valence-corrected chi connectivity index (χ2v) is 4.97. The predicted octanol–water partition coefficient (Wildman–Crippen LogP) is 2.49. The molecule has 4 heteroatoms. The summed E-state index contributed by atoms with van der Waals surface area (Å²) in [4.78, 5) is 24.2. The van der Waals surface area contributed by atoms with Crippen molar-refractivity contribution in [1.82, 2.24) is 4.90 Å². The van der Waals surface area contributed by atoms with Crippen molar-refractivity contribution in [3.8, 4) is 0 Å². The third-order valence-corrected chi connectivity index (χ3v) is 2.34. The third kappa shape index (κ3) is 3.08. The Hall–Kier alpha value is -1.32. The SMILES string of the molecule is C=CCCC1CC(=O)N1C(=O)OC(C)(C)C. The lowest BCUT2D eigenvalue weighted by Gasteiger charge is -2.39. The summed E-state index contributed by atoms with van der Waals surface area (Å²) in [5.74, 6) is -0.150. The van der Waals surface area contributed by atoms with Gasteiger partial charge in [-0.2, -0.15) is 0 Å². The van der Waals surface area contributed by atoms with E-state index in [-0.39, 0.29) is 11.9 Å². The molecule has 1 fully saturated rings. The zero-order valence-corrected chi connectivity index (χ0v) is 10.2. The van der Waals surface area contributed by atoms with Gasteiger partial charge in [-0.25, -0.2) is 9.69 Å². The zero-order chi connectivity index (χ0) is 12.3. The van der Waals surface area contributed by atoms with Gasteiger partial charge in [0, 0.05) is 6.42 Å². The Morgan fingerprint density at radius 3 is 2.69 bits per heavy atom. The normalized spacial score (nSPS) is 20.3. The van der Waals surface area contributed by atoms with Crippen LogP contribution >= 0.6 is 0 Å². The van der Waals surface area contributed by atoms with Crippen LogP contribution in [0.1, 0.15) is 40.0 Å². The molecule has 0 N–H and O–H groups in total. The highest BCUT2D eigenvalue weighted by Gasteiger charge is 2.42. The van der Waals surface area contributed by atoms with Crippen molar-refractivity contribution in [2.75, 3.05) is 0 Å². The van der Waals surface area contributed by atoms with Crippen molar-refractivity contribution in [2.24, 2.45) is 0 Å². The highest BCUT2D eigenvalue weighted by molar-refractivity contribution is 5.97. The molecule has 0 aromatic carbocycles. The van der Waals surface area contributed by atoms with Gasteiger partial charge in [0.1, 0.15) is 5.60 Å². The molecule has 1 aliphatic heterocycles. The van der Waals surface area contributed by atoms with E-state index in [9.17, 15) is 9.59 Å². The fourth-order valence-corrected chi connectivity index (χ4v) is 1.59. The Bertz CT molecular complexity index is 304. The highest BCUT2D eigenvalue weighted by atomic mass is 16.6. The molecule has 1 atom stereocenters. The minimum Gasteiger partial charge on any atom is -0.443 e. The molecule has 1 saturated heterocycles. The van der Waals surface area contributed by atoms with E-state index in [1.54, 1.807) is 26.8 Å². The van der Waals surface area contributed by atoms with Gasteiger partial charge in [0.2, 0.25) is 5.91 Å². The minimum absolute atomic E-state index is 0.0136. The molecule has 1 rings (SSSR count). The summed E-state index contributed by atoms with van der Waals surface area (Å²) in [6.45, 7) is 8.98. The van der Waals surface area contributed by atoms with Crippen LogP contribution in [-0.4, -0.2) is 28.5 Å². The first kappa shape index (κ1) is 12.7. The molecular formula is C12H19NO3. The van der Waals surface area contributed by atoms with Gasteiger partial charge in [-0.3, -0.25) is 4.79 Å². The largest absolute Gasteiger partial charge is 0.443 e. The molecule has 0 aliphatic carbocycles. The minimum atomic E-state index is -0.560.